The lowest BCUT2D eigenvalue weighted by Gasteiger charge is -2.29. The molecule has 0 aliphatic carbocycles. The summed E-state index contributed by atoms with van der Waals surface area (Å²) in [6, 6.07) is 1.73. The van der Waals surface area contributed by atoms with Gasteiger partial charge in [-0.15, -0.1) is 11.3 Å². The molecule has 4 rings (SSSR count). The van der Waals surface area contributed by atoms with Gasteiger partial charge in [0.25, 0.3) is 0 Å². The fourth-order valence-electron chi connectivity index (χ4n) is 3.00. The maximum absolute atomic E-state index is 13.9. The van der Waals surface area contributed by atoms with Crippen LogP contribution in [0.1, 0.15) is 28.2 Å². The van der Waals surface area contributed by atoms with Gasteiger partial charge in [0.15, 0.2) is 0 Å². The summed E-state index contributed by atoms with van der Waals surface area (Å²) in [4.78, 5) is 17.1. The molecule has 0 fully saturated rings. The van der Waals surface area contributed by atoms with E-state index in [0.717, 1.165) is 17.7 Å². The van der Waals surface area contributed by atoms with Crippen LogP contribution in [0.15, 0.2) is 42.1 Å². The van der Waals surface area contributed by atoms with Crippen molar-refractivity contribution in [3.8, 4) is 0 Å². The van der Waals surface area contributed by atoms with E-state index in [2.05, 4.69) is 20.5 Å². The molecule has 0 aromatic carbocycles. The zero-order valence-corrected chi connectivity index (χ0v) is 15.8. The van der Waals surface area contributed by atoms with Gasteiger partial charge in [-0.25, -0.2) is 4.68 Å². The van der Waals surface area contributed by atoms with Crippen LogP contribution < -0.4 is 5.32 Å². The van der Waals surface area contributed by atoms with E-state index in [4.69, 9.17) is 11.6 Å². The number of anilines is 1. The van der Waals surface area contributed by atoms with Crippen molar-refractivity contribution in [2.45, 2.75) is 25.7 Å². The minimum absolute atomic E-state index is 0.0972. The molecule has 1 aliphatic heterocycles. The largest absolute Gasteiger partial charge is 0.431 e. The second kappa shape index (κ2) is 6.74. The average Bonchev–Trinajstić information content (AvgIpc) is 3.38. The van der Waals surface area contributed by atoms with E-state index in [1.165, 1.54) is 23.0 Å². The number of rotatable bonds is 4. The number of allylic oxidation sites excluding steroid dienone is 2. The van der Waals surface area contributed by atoms with Crippen LogP contribution in [0.25, 0.3) is 0 Å². The molecule has 0 amide bonds. The Morgan fingerprint density at radius 2 is 2.14 bits per heavy atom. The third-order valence-corrected chi connectivity index (χ3v) is 5.45. The van der Waals surface area contributed by atoms with Gasteiger partial charge in [-0.05, 0) is 19.1 Å². The van der Waals surface area contributed by atoms with Crippen LogP contribution in [-0.2, 0) is 6.54 Å². The van der Waals surface area contributed by atoms with E-state index in [-0.39, 0.29) is 10.8 Å². The summed E-state index contributed by atoms with van der Waals surface area (Å²) < 4.78 is 44.7. The zero-order valence-electron chi connectivity index (χ0n) is 14.2. The maximum Gasteiger partial charge on any atom is 0.431 e. The van der Waals surface area contributed by atoms with Gasteiger partial charge in [-0.3, -0.25) is 9.48 Å². The Morgan fingerprint density at radius 3 is 2.75 bits per heavy atom. The highest BCUT2D eigenvalue weighted by Gasteiger charge is 2.46. The summed E-state index contributed by atoms with van der Waals surface area (Å²) in [5.41, 5.74) is -1.26. The number of fused-ring (bicyclic) bond motifs is 1. The zero-order chi connectivity index (χ0) is 20.1. The standard InChI is InChI=1S/C16H12ClF3N6OS/c1-2-25-6-8(5-22-25)12-11(13(27)9-3-4-10(17)28-9)14(16(18,19)20)24-15-21-7-23-26(12)15/h3-7,12H,2H2,1H3,(H,21,23,24)/t12-/m1/s1. The molecular weight excluding hydrogens is 417 g/mol. The van der Waals surface area contributed by atoms with Gasteiger partial charge in [0.05, 0.1) is 21.0 Å². The maximum atomic E-state index is 13.9. The number of hydrogen-bond donors (Lipinski definition) is 1. The molecule has 12 heteroatoms. The van der Waals surface area contributed by atoms with Crippen LogP contribution in [0.2, 0.25) is 4.34 Å². The Kier molecular flexibility index (Phi) is 4.50. The van der Waals surface area contributed by atoms with Crippen LogP contribution in [0.5, 0.6) is 0 Å². The van der Waals surface area contributed by atoms with Crippen LogP contribution in [0.4, 0.5) is 19.1 Å². The minimum Gasteiger partial charge on any atom is -0.320 e. The molecule has 0 saturated heterocycles. The summed E-state index contributed by atoms with van der Waals surface area (Å²) >= 11 is 6.79. The highest BCUT2D eigenvalue weighted by Crippen LogP contribution is 2.42. The highest BCUT2D eigenvalue weighted by molar-refractivity contribution is 7.18. The summed E-state index contributed by atoms with van der Waals surface area (Å²) in [6.45, 7) is 2.37. The fourth-order valence-corrected chi connectivity index (χ4v) is 4.00. The van der Waals surface area contributed by atoms with E-state index in [9.17, 15) is 18.0 Å². The van der Waals surface area contributed by atoms with Gasteiger partial charge in [0.2, 0.25) is 11.7 Å². The van der Waals surface area contributed by atoms with Gasteiger partial charge in [-0.2, -0.15) is 28.4 Å². The number of halogens is 4. The highest BCUT2D eigenvalue weighted by atomic mass is 35.5. The van der Waals surface area contributed by atoms with Gasteiger partial charge in [0, 0.05) is 18.3 Å². The van der Waals surface area contributed by atoms with Crippen molar-refractivity contribution in [2.24, 2.45) is 0 Å². The number of nitrogens with one attached hydrogen (secondary N) is 1. The van der Waals surface area contributed by atoms with Crippen LogP contribution in [-0.4, -0.2) is 36.5 Å². The van der Waals surface area contributed by atoms with Crippen molar-refractivity contribution >= 4 is 34.7 Å². The Labute approximate surface area is 165 Å². The molecule has 1 N–H and O–H groups in total. The van der Waals surface area contributed by atoms with E-state index < -0.39 is 29.3 Å². The van der Waals surface area contributed by atoms with E-state index in [1.807, 2.05) is 6.92 Å². The number of alkyl halides is 3. The number of aryl methyl sites for hydroxylation is 1. The molecule has 0 unspecified atom stereocenters. The third-order valence-electron chi connectivity index (χ3n) is 4.22. The lowest BCUT2D eigenvalue weighted by Crippen LogP contribution is -2.34. The monoisotopic (exact) mass is 428 g/mol. The van der Waals surface area contributed by atoms with E-state index in [0.29, 0.717) is 16.4 Å². The quantitative estimate of drug-likeness (QED) is 0.637. The second-order valence-electron chi connectivity index (χ2n) is 5.90. The number of carbonyl (C=O) groups is 1. The first-order valence-corrected chi connectivity index (χ1v) is 9.29. The van der Waals surface area contributed by atoms with Crippen LogP contribution in [0.3, 0.4) is 0 Å². The SMILES string of the molecule is CCn1cc([C@@H]2C(C(=O)c3ccc(Cl)s3)=C(C(F)(F)F)Nc3ncnn32)cn1. The number of Topliss-reactive ketones (excluding diaryl/α,β-unsaturated/α-hetero) is 1. The van der Waals surface area contributed by atoms with Crippen molar-refractivity contribution in [1.82, 2.24) is 24.5 Å². The molecule has 4 heterocycles. The van der Waals surface area contributed by atoms with Crippen molar-refractivity contribution in [2.75, 3.05) is 5.32 Å². The predicted octanol–water partition coefficient (Wildman–Crippen LogP) is 3.92. The molecule has 0 saturated carbocycles. The lowest BCUT2D eigenvalue weighted by atomic mass is 9.93. The summed E-state index contributed by atoms with van der Waals surface area (Å²) in [5.74, 6) is -0.894. The van der Waals surface area contributed by atoms with Crippen molar-refractivity contribution < 1.29 is 18.0 Å². The van der Waals surface area contributed by atoms with Gasteiger partial charge >= 0.3 is 6.18 Å². The smallest absolute Gasteiger partial charge is 0.320 e. The number of hydrogen-bond acceptors (Lipinski definition) is 6. The lowest BCUT2D eigenvalue weighted by molar-refractivity contribution is -0.0918. The molecule has 3 aromatic rings. The summed E-state index contributed by atoms with van der Waals surface area (Å²) in [5, 5.41) is 10.4. The third kappa shape index (κ3) is 3.10. The summed E-state index contributed by atoms with van der Waals surface area (Å²) in [7, 11) is 0. The number of carbonyl (C=O) groups excluding carboxylic acids is 1. The predicted molar refractivity (Wildman–Crippen MR) is 96.4 cm³/mol. The molecule has 0 bridgehead atoms. The first-order valence-electron chi connectivity index (χ1n) is 8.10. The molecule has 1 aliphatic rings. The van der Waals surface area contributed by atoms with Gasteiger partial charge in [-0.1, -0.05) is 11.6 Å². The molecule has 0 spiro atoms. The van der Waals surface area contributed by atoms with Gasteiger partial charge < -0.3 is 5.32 Å². The summed E-state index contributed by atoms with van der Waals surface area (Å²) in [6.07, 6.45) is -0.664. The molecule has 7 nitrogen and oxygen atoms in total. The van der Waals surface area contributed by atoms with Crippen LogP contribution in [0, 0.1) is 0 Å². The average molecular weight is 429 g/mol. The van der Waals surface area contributed by atoms with Gasteiger partial charge in [0.1, 0.15) is 18.1 Å². The van der Waals surface area contributed by atoms with E-state index in [1.54, 1.807) is 10.9 Å². The first kappa shape index (κ1) is 18.7. The Hall–Kier alpha value is -2.66. The fraction of sp³-hybridized carbons (Fsp3) is 0.250. The Bertz CT molecular complexity index is 1080. The molecule has 28 heavy (non-hydrogen) atoms. The van der Waals surface area contributed by atoms with E-state index >= 15 is 0 Å². The number of ketones is 1. The number of aromatic nitrogens is 5. The van der Waals surface area contributed by atoms with Crippen LogP contribution >= 0.6 is 22.9 Å². The second-order valence-corrected chi connectivity index (χ2v) is 7.62. The van der Waals surface area contributed by atoms with Crippen molar-refractivity contribution in [3.63, 3.8) is 0 Å². The Morgan fingerprint density at radius 1 is 1.36 bits per heavy atom. The first-order chi connectivity index (χ1) is 13.3. The molecule has 1 atom stereocenters. The molecule has 146 valence electrons. The number of thiophene rings is 1. The Balaban J connectivity index is 1.95. The molecular formula is C16H12ClF3N6OS. The molecule has 0 radical (unpaired) electrons. The number of nitrogens with zero attached hydrogens (tertiary/aromatic N) is 5. The normalized spacial score (nSPS) is 16.8. The topological polar surface area (TPSA) is 77.6 Å². The minimum atomic E-state index is -4.80. The van der Waals surface area contributed by atoms with Crippen molar-refractivity contribution in [1.29, 1.82) is 0 Å². The molecule has 3 aromatic heterocycles. The van der Waals surface area contributed by atoms with Crippen molar-refractivity contribution in [3.05, 3.63) is 56.9 Å².